The predicted molar refractivity (Wildman–Crippen MR) is 95.8 cm³/mol. The van der Waals surface area contributed by atoms with Crippen molar-refractivity contribution in [3.8, 4) is 0 Å². The van der Waals surface area contributed by atoms with Gasteiger partial charge in [-0.05, 0) is 55.5 Å². The molecule has 2 aliphatic heterocycles. The van der Waals surface area contributed by atoms with Crippen LogP contribution in [-0.4, -0.2) is 54.0 Å². The second-order valence-corrected chi connectivity index (χ2v) is 8.00. The summed E-state index contributed by atoms with van der Waals surface area (Å²) in [7, 11) is 0. The van der Waals surface area contributed by atoms with Crippen LogP contribution in [0.4, 0.5) is 8.78 Å². The lowest BCUT2D eigenvalue weighted by atomic mass is 9.91. The number of hydrogen-bond acceptors (Lipinski definition) is 3. The van der Waals surface area contributed by atoms with E-state index in [-0.39, 0.29) is 24.3 Å². The van der Waals surface area contributed by atoms with E-state index in [1.165, 1.54) is 25.0 Å². The molecule has 0 spiro atoms. The average Bonchev–Trinajstić information content (AvgIpc) is 3.04. The molecule has 1 aliphatic carbocycles. The lowest BCUT2D eigenvalue weighted by molar-refractivity contribution is -0.135. The summed E-state index contributed by atoms with van der Waals surface area (Å²) in [6.45, 7) is 3.66. The first kappa shape index (κ1) is 17.9. The number of hydrogen-bond donors (Lipinski definition) is 1. The zero-order chi connectivity index (χ0) is 18.3. The van der Waals surface area contributed by atoms with Crippen molar-refractivity contribution < 1.29 is 13.6 Å². The molecule has 0 bridgehead atoms. The van der Waals surface area contributed by atoms with Crippen LogP contribution in [0.25, 0.3) is 0 Å². The van der Waals surface area contributed by atoms with Gasteiger partial charge >= 0.3 is 0 Å². The van der Waals surface area contributed by atoms with Gasteiger partial charge in [0.2, 0.25) is 5.91 Å². The first-order valence-corrected chi connectivity index (χ1v) is 9.78. The van der Waals surface area contributed by atoms with E-state index in [1.807, 2.05) is 4.90 Å². The van der Waals surface area contributed by atoms with Crippen LogP contribution in [0, 0.1) is 11.6 Å². The number of halogens is 2. The van der Waals surface area contributed by atoms with E-state index in [0.717, 1.165) is 50.1 Å². The maximum absolute atomic E-state index is 13.6. The van der Waals surface area contributed by atoms with Crippen LogP contribution in [0.15, 0.2) is 12.1 Å². The van der Waals surface area contributed by atoms with E-state index in [4.69, 9.17) is 5.73 Å². The summed E-state index contributed by atoms with van der Waals surface area (Å²) in [6, 6.07) is 2.69. The summed E-state index contributed by atoms with van der Waals surface area (Å²) >= 11 is 0. The van der Waals surface area contributed by atoms with Gasteiger partial charge in [0.05, 0.1) is 0 Å². The summed E-state index contributed by atoms with van der Waals surface area (Å²) < 4.78 is 27.0. The fraction of sp³-hybridized carbons (Fsp3) is 0.650. The Morgan fingerprint density at radius 3 is 2.81 bits per heavy atom. The third kappa shape index (κ3) is 3.37. The van der Waals surface area contributed by atoms with E-state index < -0.39 is 11.6 Å². The second-order valence-electron chi connectivity index (χ2n) is 8.00. The lowest BCUT2D eigenvalue weighted by Gasteiger charge is -2.44. The molecule has 3 atom stereocenters. The molecule has 26 heavy (non-hydrogen) atoms. The van der Waals surface area contributed by atoms with Crippen molar-refractivity contribution in [2.24, 2.45) is 5.73 Å². The SMILES string of the molecule is NC(CC(=O)N1CCN2CCCCC2C1)C1CCc2cc(F)c(F)cc21. The van der Waals surface area contributed by atoms with Crippen molar-refractivity contribution in [1.29, 1.82) is 0 Å². The van der Waals surface area contributed by atoms with Gasteiger partial charge in [0.1, 0.15) is 0 Å². The number of fused-ring (bicyclic) bond motifs is 2. The van der Waals surface area contributed by atoms with Crippen molar-refractivity contribution in [1.82, 2.24) is 9.80 Å². The van der Waals surface area contributed by atoms with Gasteiger partial charge in [-0.2, -0.15) is 0 Å². The Hall–Kier alpha value is -1.53. The number of amides is 1. The zero-order valence-corrected chi connectivity index (χ0v) is 15.1. The molecule has 4 nitrogen and oxygen atoms in total. The molecule has 1 aromatic carbocycles. The molecule has 0 saturated carbocycles. The number of piperazine rings is 1. The Morgan fingerprint density at radius 1 is 1.15 bits per heavy atom. The molecule has 2 fully saturated rings. The number of piperidine rings is 1. The van der Waals surface area contributed by atoms with Gasteiger partial charge in [-0.15, -0.1) is 0 Å². The molecule has 1 amide bonds. The molecule has 0 radical (unpaired) electrons. The minimum Gasteiger partial charge on any atom is -0.340 e. The quantitative estimate of drug-likeness (QED) is 0.897. The van der Waals surface area contributed by atoms with Gasteiger partial charge in [0, 0.05) is 44.1 Å². The molecule has 1 aromatic rings. The van der Waals surface area contributed by atoms with Crippen molar-refractivity contribution in [3.63, 3.8) is 0 Å². The van der Waals surface area contributed by atoms with Crippen molar-refractivity contribution in [3.05, 3.63) is 34.9 Å². The van der Waals surface area contributed by atoms with Crippen molar-refractivity contribution >= 4 is 5.91 Å². The fourth-order valence-electron chi connectivity index (χ4n) is 4.93. The summed E-state index contributed by atoms with van der Waals surface area (Å²) in [5, 5.41) is 0. The van der Waals surface area contributed by atoms with Crippen LogP contribution in [0.1, 0.15) is 49.1 Å². The molecule has 2 N–H and O–H groups in total. The highest BCUT2D eigenvalue weighted by Gasteiger charge is 2.34. The van der Waals surface area contributed by atoms with Crippen LogP contribution in [0.2, 0.25) is 0 Å². The third-order valence-electron chi connectivity index (χ3n) is 6.42. The van der Waals surface area contributed by atoms with E-state index in [2.05, 4.69) is 4.90 Å². The number of benzene rings is 1. The third-order valence-corrected chi connectivity index (χ3v) is 6.42. The first-order chi connectivity index (χ1) is 12.5. The molecule has 0 aromatic heterocycles. The standard InChI is InChI=1S/C20H27F2N3O/c21-17-9-13-4-5-15(16(13)10-18(17)22)19(23)11-20(26)25-8-7-24-6-2-1-3-14(24)12-25/h9-10,14-15,19H,1-8,11-12,23H2. The maximum Gasteiger partial charge on any atom is 0.224 e. The molecular formula is C20H27F2N3O. The minimum absolute atomic E-state index is 0.0694. The first-order valence-electron chi connectivity index (χ1n) is 9.78. The summed E-state index contributed by atoms with van der Waals surface area (Å²) in [5.41, 5.74) is 7.95. The van der Waals surface area contributed by atoms with Gasteiger partial charge in [0.15, 0.2) is 11.6 Å². The number of carbonyl (C=O) groups is 1. The van der Waals surface area contributed by atoms with E-state index >= 15 is 0 Å². The van der Waals surface area contributed by atoms with Gasteiger partial charge in [-0.25, -0.2) is 8.78 Å². The largest absolute Gasteiger partial charge is 0.340 e. The van der Waals surface area contributed by atoms with Crippen molar-refractivity contribution in [2.75, 3.05) is 26.2 Å². The van der Waals surface area contributed by atoms with Crippen LogP contribution < -0.4 is 5.73 Å². The Labute approximate surface area is 153 Å². The van der Waals surface area contributed by atoms with E-state index in [1.54, 1.807) is 0 Å². The minimum atomic E-state index is -0.831. The van der Waals surface area contributed by atoms with Crippen LogP contribution in [-0.2, 0) is 11.2 Å². The Kier molecular flexibility index (Phi) is 4.97. The Morgan fingerprint density at radius 2 is 1.96 bits per heavy atom. The van der Waals surface area contributed by atoms with Gasteiger partial charge in [-0.3, -0.25) is 9.69 Å². The molecule has 3 unspecified atom stereocenters. The molecule has 2 saturated heterocycles. The summed E-state index contributed by atoms with van der Waals surface area (Å²) in [6.07, 6.45) is 5.38. The summed E-state index contributed by atoms with van der Waals surface area (Å²) in [4.78, 5) is 17.2. The number of rotatable bonds is 3. The zero-order valence-electron chi connectivity index (χ0n) is 15.1. The van der Waals surface area contributed by atoms with Gasteiger partial charge in [-0.1, -0.05) is 6.42 Å². The number of carbonyl (C=O) groups excluding carboxylic acids is 1. The van der Waals surface area contributed by atoms with E-state index in [0.29, 0.717) is 12.5 Å². The Bertz CT molecular complexity index is 696. The maximum atomic E-state index is 13.6. The highest BCUT2D eigenvalue weighted by atomic mass is 19.2. The fourth-order valence-corrected chi connectivity index (χ4v) is 4.93. The van der Waals surface area contributed by atoms with Crippen LogP contribution in [0.5, 0.6) is 0 Å². The molecule has 3 aliphatic rings. The highest BCUT2D eigenvalue weighted by Crippen LogP contribution is 2.37. The normalized spacial score (nSPS) is 27.1. The Balaban J connectivity index is 1.39. The van der Waals surface area contributed by atoms with Crippen molar-refractivity contribution in [2.45, 2.75) is 56.5 Å². The average molecular weight is 363 g/mol. The monoisotopic (exact) mass is 363 g/mol. The molecule has 6 heteroatoms. The topological polar surface area (TPSA) is 49.6 Å². The number of nitrogens with two attached hydrogens (primary N) is 1. The molecule has 2 heterocycles. The molecule has 4 rings (SSSR count). The van der Waals surface area contributed by atoms with Crippen LogP contribution >= 0.6 is 0 Å². The summed E-state index contributed by atoms with van der Waals surface area (Å²) in [5.74, 6) is -1.61. The van der Waals surface area contributed by atoms with Gasteiger partial charge in [0.25, 0.3) is 0 Å². The second kappa shape index (κ2) is 7.24. The number of aryl methyl sites for hydroxylation is 1. The molecular weight excluding hydrogens is 336 g/mol. The predicted octanol–water partition coefficient (Wildman–Crippen LogP) is 2.41. The smallest absolute Gasteiger partial charge is 0.224 e. The van der Waals surface area contributed by atoms with E-state index in [9.17, 15) is 13.6 Å². The molecule has 142 valence electrons. The highest BCUT2D eigenvalue weighted by molar-refractivity contribution is 5.77. The van der Waals surface area contributed by atoms with Gasteiger partial charge < -0.3 is 10.6 Å². The lowest BCUT2D eigenvalue weighted by Crippen LogP contribution is -2.56. The number of nitrogens with zero attached hydrogens (tertiary/aromatic N) is 2. The van der Waals surface area contributed by atoms with Crippen LogP contribution in [0.3, 0.4) is 0 Å².